The zero-order chi connectivity index (χ0) is 12.1. The predicted molar refractivity (Wildman–Crippen MR) is 74.3 cm³/mol. The van der Waals surface area contributed by atoms with Gasteiger partial charge >= 0.3 is 0 Å². The van der Waals surface area contributed by atoms with Crippen molar-refractivity contribution in [2.24, 2.45) is 11.8 Å². The van der Waals surface area contributed by atoms with E-state index in [-0.39, 0.29) is 0 Å². The van der Waals surface area contributed by atoms with Gasteiger partial charge in [-0.2, -0.15) is 0 Å². The maximum absolute atomic E-state index is 3.74. The molecule has 2 aliphatic rings. The molecule has 17 heavy (non-hydrogen) atoms. The molecule has 2 heteroatoms. The van der Waals surface area contributed by atoms with E-state index in [0.717, 1.165) is 17.9 Å². The molecular formula is C15H30N2. The summed E-state index contributed by atoms with van der Waals surface area (Å²) in [6, 6.07) is 0.763. The van der Waals surface area contributed by atoms with Crippen molar-refractivity contribution in [1.29, 1.82) is 0 Å². The van der Waals surface area contributed by atoms with Crippen LogP contribution in [0.2, 0.25) is 0 Å². The lowest BCUT2D eigenvalue weighted by Gasteiger charge is -2.38. The Bertz CT molecular complexity index is 213. The Hall–Kier alpha value is -0.0800. The van der Waals surface area contributed by atoms with Crippen LogP contribution in [0.3, 0.4) is 0 Å². The fraction of sp³-hybridized carbons (Fsp3) is 1.00. The maximum atomic E-state index is 3.74. The van der Waals surface area contributed by atoms with Crippen molar-refractivity contribution in [2.45, 2.75) is 58.4 Å². The van der Waals surface area contributed by atoms with E-state index in [1.807, 2.05) is 0 Å². The first-order valence-corrected chi connectivity index (χ1v) is 7.77. The van der Waals surface area contributed by atoms with E-state index >= 15 is 0 Å². The Morgan fingerprint density at radius 2 is 1.88 bits per heavy atom. The van der Waals surface area contributed by atoms with Gasteiger partial charge in [-0.15, -0.1) is 0 Å². The monoisotopic (exact) mass is 238 g/mol. The minimum atomic E-state index is 0.763. The van der Waals surface area contributed by atoms with E-state index in [2.05, 4.69) is 24.1 Å². The van der Waals surface area contributed by atoms with E-state index < -0.39 is 0 Å². The molecule has 2 unspecified atom stereocenters. The van der Waals surface area contributed by atoms with E-state index in [1.54, 1.807) is 0 Å². The molecular weight excluding hydrogens is 208 g/mol. The number of nitrogens with one attached hydrogen (secondary N) is 1. The van der Waals surface area contributed by atoms with E-state index in [1.165, 1.54) is 64.7 Å². The van der Waals surface area contributed by atoms with Crippen molar-refractivity contribution >= 4 is 0 Å². The first-order chi connectivity index (χ1) is 8.31. The van der Waals surface area contributed by atoms with Crippen molar-refractivity contribution in [3.8, 4) is 0 Å². The average molecular weight is 238 g/mol. The first kappa shape index (κ1) is 13.4. The minimum Gasteiger partial charge on any atom is -0.313 e. The van der Waals surface area contributed by atoms with E-state index in [0.29, 0.717) is 0 Å². The lowest BCUT2D eigenvalue weighted by Crippen LogP contribution is -2.49. The van der Waals surface area contributed by atoms with Gasteiger partial charge in [0.1, 0.15) is 0 Å². The highest BCUT2D eigenvalue weighted by Crippen LogP contribution is 2.37. The summed E-state index contributed by atoms with van der Waals surface area (Å²) in [6.45, 7) is 9.72. The summed E-state index contributed by atoms with van der Waals surface area (Å²) in [6.07, 6.45) is 8.52. The van der Waals surface area contributed by atoms with Gasteiger partial charge in [0.25, 0.3) is 0 Å². The number of hydrogen-bond donors (Lipinski definition) is 1. The molecule has 0 aromatic rings. The fourth-order valence-corrected chi connectivity index (χ4v) is 3.29. The third-order valence-electron chi connectivity index (χ3n) is 4.20. The average Bonchev–Trinajstić information content (AvgIpc) is 3.10. The van der Waals surface area contributed by atoms with Crippen LogP contribution in [0.1, 0.15) is 52.4 Å². The molecule has 0 aromatic carbocycles. The molecule has 100 valence electrons. The molecule has 0 radical (unpaired) electrons. The fourth-order valence-electron chi connectivity index (χ4n) is 3.29. The van der Waals surface area contributed by atoms with Crippen LogP contribution in [-0.2, 0) is 0 Å². The number of nitrogens with zero attached hydrogens (tertiary/aromatic N) is 1. The summed E-state index contributed by atoms with van der Waals surface area (Å²) in [5.41, 5.74) is 0. The standard InChI is InChI=1S/C15H30N2/c1-3-7-16-15-10-14(9-13-5-6-13)11-17(12-15)8-4-2/h13-16H,3-12H2,1-2H3. The van der Waals surface area contributed by atoms with Crippen molar-refractivity contribution in [3.63, 3.8) is 0 Å². The molecule has 1 saturated heterocycles. The largest absolute Gasteiger partial charge is 0.313 e. The van der Waals surface area contributed by atoms with Crippen LogP contribution in [0, 0.1) is 11.8 Å². The number of piperidine rings is 1. The number of likely N-dealkylation sites (tertiary alicyclic amines) is 1. The molecule has 2 fully saturated rings. The van der Waals surface area contributed by atoms with Crippen molar-refractivity contribution < 1.29 is 0 Å². The van der Waals surface area contributed by atoms with Crippen molar-refractivity contribution in [1.82, 2.24) is 10.2 Å². The third kappa shape index (κ3) is 4.59. The molecule has 2 atom stereocenters. The highest BCUT2D eigenvalue weighted by atomic mass is 15.2. The van der Waals surface area contributed by atoms with Crippen LogP contribution >= 0.6 is 0 Å². The topological polar surface area (TPSA) is 15.3 Å². The normalized spacial score (nSPS) is 30.7. The summed E-state index contributed by atoms with van der Waals surface area (Å²) in [5.74, 6) is 2.06. The predicted octanol–water partition coefficient (Wildman–Crippen LogP) is 2.89. The summed E-state index contributed by atoms with van der Waals surface area (Å²) in [5, 5.41) is 3.74. The minimum absolute atomic E-state index is 0.763. The van der Waals surface area contributed by atoms with E-state index in [4.69, 9.17) is 0 Å². The quantitative estimate of drug-likeness (QED) is 0.733. The Labute approximate surface area is 107 Å². The highest BCUT2D eigenvalue weighted by Gasteiger charge is 2.31. The second-order valence-corrected chi connectivity index (χ2v) is 6.19. The molecule has 1 aliphatic heterocycles. The Morgan fingerprint density at radius 1 is 1.06 bits per heavy atom. The molecule has 0 amide bonds. The summed E-state index contributed by atoms with van der Waals surface area (Å²) < 4.78 is 0. The first-order valence-electron chi connectivity index (χ1n) is 7.77. The molecule has 1 aliphatic carbocycles. The van der Waals surface area contributed by atoms with Gasteiger partial charge in [-0.3, -0.25) is 0 Å². The molecule has 0 aromatic heterocycles. The van der Waals surface area contributed by atoms with Gasteiger partial charge in [0.15, 0.2) is 0 Å². The second-order valence-electron chi connectivity index (χ2n) is 6.19. The molecule has 1 heterocycles. The van der Waals surface area contributed by atoms with Gasteiger partial charge in [0, 0.05) is 19.1 Å². The van der Waals surface area contributed by atoms with Gasteiger partial charge in [-0.25, -0.2) is 0 Å². The Balaban J connectivity index is 1.79. The molecule has 1 saturated carbocycles. The zero-order valence-corrected chi connectivity index (χ0v) is 11.8. The lowest BCUT2D eigenvalue weighted by atomic mass is 9.89. The highest BCUT2D eigenvalue weighted by molar-refractivity contribution is 4.87. The van der Waals surface area contributed by atoms with Gasteiger partial charge in [0.2, 0.25) is 0 Å². The zero-order valence-electron chi connectivity index (χ0n) is 11.8. The van der Waals surface area contributed by atoms with Crippen LogP contribution in [0.25, 0.3) is 0 Å². The smallest absolute Gasteiger partial charge is 0.0198 e. The van der Waals surface area contributed by atoms with Crippen LogP contribution in [0.5, 0.6) is 0 Å². The molecule has 2 rings (SSSR count). The SMILES string of the molecule is CCCNC1CC(CC2CC2)CN(CCC)C1. The van der Waals surface area contributed by atoms with E-state index in [9.17, 15) is 0 Å². The van der Waals surface area contributed by atoms with Gasteiger partial charge in [0.05, 0.1) is 0 Å². The molecule has 2 nitrogen and oxygen atoms in total. The van der Waals surface area contributed by atoms with Crippen LogP contribution in [0.15, 0.2) is 0 Å². The van der Waals surface area contributed by atoms with Gasteiger partial charge < -0.3 is 10.2 Å². The van der Waals surface area contributed by atoms with Crippen LogP contribution in [-0.4, -0.2) is 37.1 Å². The number of rotatable bonds is 7. The molecule has 1 N–H and O–H groups in total. The maximum Gasteiger partial charge on any atom is 0.0198 e. The third-order valence-corrected chi connectivity index (χ3v) is 4.20. The van der Waals surface area contributed by atoms with Crippen molar-refractivity contribution in [2.75, 3.05) is 26.2 Å². The summed E-state index contributed by atoms with van der Waals surface area (Å²) in [7, 11) is 0. The van der Waals surface area contributed by atoms with Crippen molar-refractivity contribution in [3.05, 3.63) is 0 Å². The molecule has 0 spiro atoms. The Morgan fingerprint density at radius 3 is 2.53 bits per heavy atom. The summed E-state index contributed by atoms with van der Waals surface area (Å²) >= 11 is 0. The molecule has 0 bridgehead atoms. The van der Waals surface area contributed by atoms with Gasteiger partial charge in [-0.05, 0) is 50.6 Å². The number of hydrogen-bond acceptors (Lipinski definition) is 2. The van der Waals surface area contributed by atoms with Crippen LogP contribution in [0.4, 0.5) is 0 Å². The summed E-state index contributed by atoms with van der Waals surface area (Å²) in [4.78, 5) is 2.70. The second kappa shape index (κ2) is 6.75. The Kier molecular flexibility index (Phi) is 5.30. The van der Waals surface area contributed by atoms with Crippen LogP contribution < -0.4 is 5.32 Å². The van der Waals surface area contributed by atoms with Gasteiger partial charge in [-0.1, -0.05) is 26.7 Å². The lowest BCUT2D eigenvalue weighted by molar-refractivity contribution is 0.133.